The molecule has 5 rings (SSSR count). The van der Waals surface area contributed by atoms with Gasteiger partial charge >= 0.3 is 0 Å². The Hall–Kier alpha value is -2.32. The lowest BCUT2D eigenvalue weighted by Gasteiger charge is -2.38. The quantitative estimate of drug-likeness (QED) is 0.807. The molecule has 0 unspecified atom stereocenters. The summed E-state index contributed by atoms with van der Waals surface area (Å²) in [4.78, 5) is 27.7. The third-order valence-corrected chi connectivity index (χ3v) is 5.85. The van der Waals surface area contributed by atoms with Crippen LogP contribution in [0.25, 0.3) is 0 Å². The number of fused-ring (bicyclic) bond motifs is 1. The molecule has 0 radical (unpaired) electrons. The number of hydrogen-bond donors (Lipinski definition) is 1. The van der Waals surface area contributed by atoms with Crippen molar-refractivity contribution in [3.63, 3.8) is 0 Å². The lowest BCUT2D eigenvalue weighted by atomic mass is 9.98. The summed E-state index contributed by atoms with van der Waals surface area (Å²) < 4.78 is 22.0. The van der Waals surface area contributed by atoms with Crippen molar-refractivity contribution < 1.29 is 28.5 Å². The van der Waals surface area contributed by atoms with Crippen LogP contribution in [0.15, 0.2) is 18.2 Å². The molecule has 144 valence electrons. The molecule has 4 aliphatic rings. The van der Waals surface area contributed by atoms with Gasteiger partial charge in [-0.25, -0.2) is 0 Å². The number of nitrogens with one attached hydrogen (secondary N) is 1. The minimum atomic E-state index is -0.946. The third-order valence-electron chi connectivity index (χ3n) is 5.85. The first kappa shape index (κ1) is 16.8. The highest BCUT2D eigenvalue weighted by atomic mass is 16.7. The Bertz CT molecular complexity index is 774. The number of rotatable bonds is 3. The lowest BCUT2D eigenvalue weighted by molar-refractivity contribution is -0.188. The summed E-state index contributed by atoms with van der Waals surface area (Å²) in [6.07, 6.45) is 2.46. The number of likely N-dealkylation sites (tertiary alicyclic amines) is 1. The molecule has 1 aromatic carbocycles. The molecule has 3 aliphatic heterocycles. The zero-order valence-electron chi connectivity index (χ0n) is 15.0. The van der Waals surface area contributed by atoms with E-state index in [1.54, 1.807) is 23.1 Å². The first-order valence-electron chi connectivity index (χ1n) is 9.39. The molecule has 0 aromatic heterocycles. The van der Waals surface area contributed by atoms with Crippen LogP contribution in [-0.4, -0.2) is 55.6 Å². The van der Waals surface area contributed by atoms with Gasteiger partial charge in [0.1, 0.15) is 5.41 Å². The van der Waals surface area contributed by atoms with E-state index in [4.69, 9.17) is 18.9 Å². The summed E-state index contributed by atoms with van der Waals surface area (Å²) in [6, 6.07) is 5.23. The van der Waals surface area contributed by atoms with Crippen LogP contribution in [0.2, 0.25) is 0 Å². The van der Waals surface area contributed by atoms with E-state index in [2.05, 4.69) is 5.32 Å². The zero-order chi connectivity index (χ0) is 18.5. The normalized spacial score (nSPS) is 24.1. The Kier molecular flexibility index (Phi) is 3.80. The van der Waals surface area contributed by atoms with Crippen molar-refractivity contribution in [1.29, 1.82) is 0 Å². The minimum Gasteiger partial charge on any atom is -0.454 e. The summed E-state index contributed by atoms with van der Waals surface area (Å²) >= 11 is 0. The maximum absolute atomic E-state index is 13.0. The van der Waals surface area contributed by atoms with Crippen LogP contribution in [0, 0.1) is 5.41 Å². The second-order valence-corrected chi connectivity index (χ2v) is 7.50. The van der Waals surface area contributed by atoms with Crippen LogP contribution < -0.4 is 14.8 Å². The van der Waals surface area contributed by atoms with Gasteiger partial charge in [0.05, 0.1) is 13.2 Å². The molecule has 1 aliphatic carbocycles. The van der Waals surface area contributed by atoms with Crippen LogP contribution in [0.3, 0.4) is 0 Å². The molecular formula is C19H22N2O6. The number of amides is 2. The van der Waals surface area contributed by atoms with Gasteiger partial charge in [-0.2, -0.15) is 0 Å². The fourth-order valence-electron chi connectivity index (χ4n) is 4.03. The van der Waals surface area contributed by atoms with Crippen molar-refractivity contribution in [2.24, 2.45) is 5.41 Å². The van der Waals surface area contributed by atoms with Gasteiger partial charge in [-0.1, -0.05) is 0 Å². The molecule has 2 saturated heterocycles. The SMILES string of the molecule is O=C(Nc1ccc2c(c1)OCO2)C1(C(=O)N2CCC3(CC2)OCCO3)CC1. The Balaban J connectivity index is 1.24. The fourth-order valence-corrected chi connectivity index (χ4v) is 4.03. The van der Waals surface area contributed by atoms with E-state index in [1.165, 1.54) is 0 Å². The maximum Gasteiger partial charge on any atom is 0.240 e. The molecule has 8 heteroatoms. The number of anilines is 1. The largest absolute Gasteiger partial charge is 0.454 e. The summed E-state index contributed by atoms with van der Waals surface area (Å²) in [5.74, 6) is 0.390. The van der Waals surface area contributed by atoms with Crippen molar-refractivity contribution in [2.45, 2.75) is 31.5 Å². The molecular weight excluding hydrogens is 352 g/mol. The first-order valence-corrected chi connectivity index (χ1v) is 9.39. The summed E-state index contributed by atoms with van der Waals surface area (Å²) in [5, 5.41) is 2.87. The summed E-state index contributed by atoms with van der Waals surface area (Å²) in [7, 11) is 0. The minimum absolute atomic E-state index is 0.0893. The average Bonchev–Trinajstić information content (AvgIpc) is 3.16. The predicted octanol–water partition coefficient (Wildman–Crippen LogP) is 1.50. The number of carbonyl (C=O) groups is 2. The van der Waals surface area contributed by atoms with Gasteiger partial charge in [-0.15, -0.1) is 0 Å². The fraction of sp³-hybridized carbons (Fsp3) is 0.579. The molecule has 1 N–H and O–H groups in total. The van der Waals surface area contributed by atoms with Gasteiger partial charge in [0.25, 0.3) is 0 Å². The van der Waals surface area contributed by atoms with E-state index in [-0.39, 0.29) is 18.6 Å². The van der Waals surface area contributed by atoms with Crippen molar-refractivity contribution in [3.8, 4) is 11.5 Å². The lowest BCUT2D eigenvalue weighted by Crippen LogP contribution is -2.51. The van der Waals surface area contributed by atoms with Crippen LogP contribution in [0.1, 0.15) is 25.7 Å². The van der Waals surface area contributed by atoms with E-state index in [9.17, 15) is 9.59 Å². The van der Waals surface area contributed by atoms with Crippen molar-refractivity contribution in [1.82, 2.24) is 4.90 Å². The zero-order valence-corrected chi connectivity index (χ0v) is 15.0. The highest BCUT2D eigenvalue weighted by Gasteiger charge is 2.58. The summed E-state index contributed by atoms with van der Waals surface area (Å²) in [5.41, 5.74) is -0.341. The van der Waals surface area contributed by atoms with E-state index in [0.717, 1.165) is 0 Å². The predicted molar refractivity (Wildman–Crippen MR) is 93.3 cm³/mol. The van der Waals surface area contributed by atoms with Gasteiger partial charge in [0.2, 0.25) is 18.6 Å². The Labute approximate surface area is 156 Å². The highest BCUT2D eigenvalue weighted by molar-refractivity contribution is 6.13. The molecule has 3 heterocycles. The average molecular weight is 374 g/mol. The topological polar surface area (TPSA) is 86.3 Å². The van der Waals surface area contributed by atoms with Crippen molar-refractivity contribution in [2.75, 3.05) is 38.4 Å². The van der Waals surface area contributed by atoms with Gasteiger partial charge in [0, 0.05) is 37.7 Å². The molecule has 1 saturated carbocycles. The van der Waals surface area contributed by atoms with Crippen molar-refractivity contribution >= 4 is 17.5 Å². The first-order chi connectivity index (χ1) is 13.1. The molecule has 27 heavy (non-hydrogen) atoms. The third kappa shape index (κ3) is 2.83. The molecule has 0 atom stereocenters. The second kappa shape index (κ2) is 6.10. The Morgan fingerprint density at radius 1 is 0.963 bits per heavy atom. The number of ether oxygens (including phenoxy) is 4. The highest BCUT2D eigenvalue weighted by Crippen LogP contribution is 2.49. The summed E-state index contributed by atoms with van der Waals surface area (Å²) in [6.45, 7) is 2.50. The molecule has 8 nitrogen and oxygen atoms in total. The number of nitrogens with zero attached hydrogens (tertiary/aromatic N) is 1. The van der Waals surface area contributed by atoms with Gasteiger partial charge in [-0.3, -0.25) is 9.59 Å². The smallest absolute Gasteiger partial charge is 0.240 e. The number of benzene rings is 1. The van der Waals surface area contributed by atoms with Crippen LogP contribution in [0.5, 0.6) is 11.5 Å². The van der Waals surface area contributed by atoms with E-state index >= 15 is 0 Å². The van der Waals surface area contributed by atoms with Crippen LogP contribution in [0.4, 0.5) is 5.69 Å². The van der Waals surface area contributed by atoms with Crippen LogP contribution >= 0.6 is 0 Å². The number of piperidine rings is 1. The second-order valence-electron chi connectivity index (χ2n) is 7.50. The monoisotopic (exact) mass is 374 g/mol. The van der Waals surface area contributed by atoms with E-state index < -0.39 is 11.2 Å². The molecule has 2 amide bonds. The van der Waals surface area contributed by atoms with Crippen LogP contribution in [-0.2, 0) is 19.1 Å². The number of carbonyl (C=O) groups excluding carboxylic acids is 2. The molecule has 0 bridgehead atoms. The molecule has 3 fully saturated rings. The van der Waals surface area contributed by atoms with E-state index in [0.29, 0.717) is 69.2 Å². The van der Waals surface area contributed by atoms with Gasteiger partial charge < -0.3 is 29.2 Å². The van der Waals surface area contributed by atoms with Crippen molar-refractivity contribution in [3.05, 3.63) is 18.2 Å². The maximum atomic E-state index is 13.0. The Morgan fingerprint density at radius 3 is 2.37 bits per heavy atom. The standard InChI is InChI=1S/C19H22N2O6/c22-16(20-13-1-2-14-15(11-13)25-12-24-14)18(3-4-18)17(23)21-7-5-19(6-8-21)26-9-10-27-19/h1-2,11H,3-10,12H2,(H,20,22). The number of hydrogen-bond acceptors (Lipinski definition) is 6. The Morgan fingerprint density at radius 2 is 1.67 bits per heavy atom. The van der Waals surface area contributed by atoms with Gasteiger partial charge in [0.15, 0.2) is 17.3 Å². The molecule has 1 aromatic rings. The molecule has 1 spiro atoms. The van der Waals surface area contributed by atoms with E-state index in [1.807, 2.05) is 0 Å². The van der Waals surface area contributed by atoms with Gasteiger partial charge in [-0.05, 0) is 25.0 Å².